The molecule has 2 aromatic rings. The number of piperazine rings is 1. The van der Waals surface area contributed by atoms with Gasteiger partial charge in [0, 0.05) is 43.3 Å². The zero-order valence-corrected chi connectivity index (χ0v) is 17.1. The molecule has 1 fully saturated rings. The molecule has 0 saturated carbocycles. The van der Waals surface area contributed by atoms with Gasteiger partial charge in [0.25, 0.3) is 5.91 Å². The summed E-state index contributed by atoms with van der Waals surface area (Å²) in [5.41, 5.74) is 1.71. The first-order valence-electron chi connectivity index (χ1n) is 8.99. The molecule has 0 radical (unpaired) electrons. The quantitative estimate of drug-likeness (QED) is 0.829. The van der Waals surface area contributed by atoms with Crippen LogP contribution in [-0.4, -0.2) is 65.9 Å². The lowest BCUT2D eigenvalue weighted by Crippen LogP contribution is -2.51. The molecule has 1 aliphatic heterocycles. The van der Waals surface area contributed by atoms with Crippen LogP contribution in [0.4, 0.5) is 0 Å². The first-order chi connectivity index (χ1) is 13.0. The van der Waals surface area contributed by atoms with Crippen LogP contribution in [0.3, 0.4) is 0 Å². The minimum absolute atomic E-state index is 0.0165. The van der Waals surface area contributed by atoms with Crippen LogP contribution >= 0.6 is 22.9 Å². The molecule has 6 nitrogen and oxygen atoms in total. The molecule has 0 bridgehead atoms. The molecule has 0 atom stereocenters. The number of nitrogens with one attached hydrogen (secondary N) is 1. The van der Waals surface area contributed by atoms with Crippen molar-refractivity contribution in [2.45, 2.75) is 13.8 Å². The Kier molecular flexibility index (Phi) is 6.46. The lowest BCUT2D eigenvalue weighted by Gasteiger charge is -2.34. The number of hydrogen-bond acceptors (Lipinski definition) is 5. The lowest BCUT2D eigenvalue weighted by molar-refractivity contribution is -0.122. The Bertz CT molecular complexity index is 814. The van der Waals surface area contributed by atoms with E-state index >= 15 is 0 Å². The third kappa shape index (κ3) is 4.86. The predicted molar refractivity (Wildman–Crippen MR) is 108 cm³/mol. The van der Waals surface area contributed by atoms with Crippen molar-refractivity contribution >= 4 is 34.8 Å². The van der Waals surface area contributed by atoms with Gasteiger partial charge < -0.3 is 10.2 Å². The Morgan fingerprint density at radius 3 is 2.48 bits per heavy atom. The predicted octanol–water partition coefficient (Wildman–Crippen LogP) is 2.67. The molecule has 2 heterocycles. The number of likely N-dealkylation sites (N-methyl/N-ethyl adjacent to an activating group) is 1. The van der Waals surface area contributed by atoms with Crippen LogP contribution in [0.2, 0.25) is 5.02 Å². The number of amides is 2. The van der Waals surface area contributed by atoms with E-state index in [-0.39, 0.29) is 11.8 Å². The van der Waals surface area contributed by atoms with E-state index in [4.69, 9.17) is 11.6 Å². The fourth-order valence-corrected chi connectivity index (χ4v) is 4.19. The van der Waals surface area contributed by atoms with Crippen molar-refractivity contribution in [2.24, 2.45) is 0 Å². The number of aromatic nitrogens is 1. The normalized spacial score (nSPS) is 15.0. The lowest BCUT2D eigenvalue weighted by atomic mass is 10.2. The van der Waals surface area contributed by atoms with Crippen molar-refractivity contribution in [1.29, 1.82) is 0 Å². The third-order valence-corrected chi connectivity index (χ3v) is 5.93. The number of carbonyl (C=O) groups is 2. The molecular weight excluding hydrogens is 384 g/mol. The van der Waals surface area contributed by atoms with Gasteiger partial charge in [-0.05, 0) is 26.0 Å². The second kappa shape index (κ2) is 8.82. The van der Waals surface area contributed by atoms with Crippen LogP contribution in [0.1, 0.15) is 22.3 Å². The monoisotopic (exact) mass is 406 g/mol. The molecule has 1 aromatic heterocycles. The Labute approximate surface area is 168 Å². The maximum absolute atomic E-state index is 12.9. The van der Waals surface area contributed by atoms with E-state index in [1.165, 1.54) is 11.3 Å². The highest BCUT2D eigenvalue weighted by Crippen LogP contribution is 2.29. The molecule has 144 valence electrons. The molecule has 1 aromatic carbocycles. The van der Waals surface area contributed by atoms with Gasteiger partial charge in [-0.2, -0.15) is 0 Å². The molecular formula is C19H23ClN4O2S. The molecule has 1 N–H and O–H groups in total. The Morgan fingerprint density at radius 1 is 1.19 bits per heavy atom. The summed E-state index contributed by atoms with van der Waals surface area (Å²) in [5, 5.41) is 4.30. The van der Waals surface area contributed by atoms with Crippen molar-refractivity contribution in [3.63, 3.8) is 0 Å². The van der Waals surface area contributed by atoms with Gasteiger partial charge in [0.1, 0.15) is 9.88 Å². The first kappa shape index (κ1) is 19.8. The largest absolute Gasteiger partial charge is 0.355 e. The maximum atomic E-state index is 12.9. The zero-order chi connectivity index (χ0) is 19.4. The van der Waals surface area contributed by atoms with Crippen molar-refractivity contribution in [3.8, 4) is 10.6 Å². The summed E-state index contributed by atoms with van der Waals surface area (Å²) in [5.74, 6) is 0.0473. The van der Waals surface area contributed by atoms with E-state index in [0.29, 0.717) is 49.2 Å². The molecule has 0 aliphatic carbocycles. The van der Waals surface area contributed by atoms with Crippen molar-refractivity contribution in [3.05, 3.63) is 39.9 Å². The maximum Gasteiger partial charge on any atom is 0.265 e. The topological polar surface area (TPSA) is 65.5 Å². The Morgan fingerprint density at radius 2 is 1.85 bits per heavy atom. The van der Waals surface area contributed by atoms with Crippen LogP contribution < -0.4 is 5.32 Å². The molecule has 0 spiro atoms. The second-order valence-electron chi connectivity index (χ2n) is 6.46. The van der Waals surface area contributed by atoms with Gasteiger partial charge in [-0.3, -0.25) is 14.5 Å². The van der Waals surface area contributed by atoms with Gasteiger partial charge in [-0.25, -0.2) is 4.98 Å². The SMILES string of the molecule is CCNC(=O)CN1CCN(C(=O)c2sc(-c3ccc(Cl)cc3)nc2C)CC1. The van der Waals surface area contributed by atoms with Crippen molar-refractivity contribution < 1.29 is 9.59 Å². The van der Waals surface area contributed by atoms with E-state index in [2.05, 4.69) is 15.2 Å². The van der Waals surface area contributed by atoms with Gasteiger partial charge in [0.15, 0.2) is 0 Å². The zero-order valence-electron chi connectivity index (χ0n) is 15.5. The van der Waals surface area contributed by atoms with Crippen molar-refractivity contribution in [2.75, 3.05) is 39.3 Å². The van der Waals surface area contributed by atoms with E-state index in [0.717, 1.165) is 16.3 Å². The van der Waals surface area contributed by atoms with E-state index in [9.17, 15) is 9.59 Å². The number of nitrogens with zero attached hydrogens (tertiary/aromatic N) is 3. The second-order valence-corrected chi connectivity index (χ2v) is 7.90. The summed E-state index contributed by atoms with van der Waals surface area (Å²) in [4.78, 5) is 33.8. The molecule has 2 amide bonds. The summed E-state index contributed by atoms with van der Waals surface area (Å²) < 4.78 is 0. The number of aryl methyl sites for hydroxylation is 1. The molecule has 0 unspecified atom stereocenters. The Balaban J connectivity index is 1.63. The van der Waals surface area contributed by atoms with E-state index in [1.807, 2.05) is 43.0 Å². The van der Waals surface area contributed by atoms with Gasteiger partial charge in [-0.1, -0.05) is 23.7 Å². The van der Waals surface area contributed by atoms with Crippen LogP contribution in [0.15, 0.2) is 24.3 Å². The average molecular weight is 407 g/mol. The van der Waals surface area contributed by atoms with E-state index < -0.39 is 0 Å². The van der Waals surface area contributed by atoms with Crippen molar-refractivity contribution in [1.82, 2.24) is 20.1 Å². The number of thiazole rings is 1. The fourth-order valence-electron chi connectivity index (χ4n) is 3.02. The summed E-state index contributed by atoms with van der Waals surface area (Å²) in [6.45, 7) is 7.43. The number of carbonyl (C=O) groups excluding carboxylic acids is 2. The number of rotatable bonds is 5. The highest BCUT2D eigenvalue weighted by molar-refractivity contribution is 7.17. The molecule has 1 saturated heterocycles. The van der Waals surface area contributed by atoms with Crippen LogP contribution in [-0.2, 0) is 4.79 Å². The molecule has 27 heavy (non-hydrogen) atoms. The van der Waals surface area contributed by atoms with Crippen LogP contribution in [0.5, 0.6) is 0 Å². The minimum atomic E-state index is 0.0165. The van der Waals surface area contributed by atoms with Gasteiger partial charge >= 0.3 is 0 Å². The van der Waals surface area contributed by atoms with Crippen LogP contribution in [0, 0.1) is 6.92 Å². The standard InChI is InChI=1S/C19H23ClN4O2S/c1-3-21-16(25)12-23-8-10-24(11-9-23)19(26)17-13(2)22-18(27-17)14-4-6-15(20)7-5-14/h4-7H,3,8-12H2,1-2H3,(H,21,25). The van der Waals surface area contributed by atoms with Gasteiger partial charge in [0.2, 0.25) is 5.91 Å². The molecule has 3 rings (SSSR count). The van der Waals surface area contributed by atoms with E-state index in [1.54, 1.807) is 0 Å². The fraction of sp³-hybridized carbons (Fsp3) is 0.421. The molecule has 1 aliphatic rings. The average Bonchev–Trinajstić information content (AvgIpc) is 3.04. The minimum Gasteiger partial charge on any atom is -0.355 e. The number of halogens is 1. The number of hydrogen-bond donors (Lipinski definition) is 1. The molecule has 8 heteroatoms. The summed E-state index contributed by atoms with van der Waals surface area (Å²) >= 11 is 7.36. The third-order valence-electron chi connectivity index (χ3n) is 4.48. The first-order valence-corrected chi connectivity index (χ1v) is 10.2. The highest BCUT2D eigenvalue weighted by Gasteiger charge is 2.26. The summed E-state index contributed by atoms with van der Waals surface area (Å²) in [6.07, 6.45) is 0. The number of benzene rings is 1. The van der Waals surface area contributed by atoms with Gasteiger partial charge in [-0.15, -0.1) is 11.3 Å². The summed E-state index contributed by atoms with van der Waals surface area (Å²) in [6, 6.07) is 7.47. The smallest absolute Gasteiger partial charge is 0.265 e. The van der Waals surface area contributed by atoms with Gasteiger partial charge in [0.05, 0.1) is 12.2 Å². The van der Waals surface area contributed by atoms with Crippen LogP contribution in [0.25, 0.3) is 10.6 Å². The highest BCUT2D eigenvalue weighted by atomic mass is 35.5. The Hall–Kier alpha value is -1.96. The summed E-state index contributed by atoms with van der Waals surface area (Å²) in [7, 11) is 0.